The molecule has 1 aromatic heterocycles. The zero-order valence-corrected chi connectivity index (χ0v) is 9.78. The SMILES string of the molecule is CC(C)NC(=S)N/N=C/c1cccs1. The van der Waals surface area contributed by atoms with E-state index in [0.29, 0.717) is 11.2 Å². The number of hydrazone groups is 1. The first kappa shape index (κ1) is 11.1. The Balaban J connectivity index is 2.30. The molecule has 0 aromatic carbocycles. The minimum Gasteiger partial charge on any atom is -0.359 e. The lowest BCUT2D eigenvalue weighted by Gasteiger charge is -2.09. The second kappa shape index (κ2) is 5.72. The molecule has 14 heavy (non-hydrogen) atoms. The minimum atomic E-state index is 0.326. The van der Waals surface area contributed by atoms with Crippen LogP contribution in [0.1, 0.15) is 18.7 Å². The maximum Gasteiger partial charge on any atom is 0.187 e. The van der Waals surface area contributed by atoms with Crippen LogP contribution in [0.2, 0.25) is 0 Å². The number of thiophene rings is 1. The van der Waals surface area contributed by atoms with Crippen molar-refractivity contribution in [1.29, 1.82) is 0 Å². The van der Waals surface area contributed by atoms with E-state index in [0.717, 1.165) is 4.88 Å². The van der Waals surface area contributed by atoms with Crippen LogP contribution in [0.4, 0.5) is 0 Å². The summed E-state index contributed by atoms with van der Waals surface area (Å²) in [5, 5.41) is 9.59. The fourth-order valence-corrected chi connectivity index (χ4v) is 1.69. The molecule has 0 unspecified atom stereocenters. The molecule has 0 atom stereocenters. The molecule has 1 aromatic rings. The van der Waals surface area contributed by atoms with Gasteiger partial charge in [0.05, 0.1) is 6.21 Å². The van der Waals surface area contributed by atoms with Crippen LogP contribution in [-0.4, -0.2) is 17.4 Å². The first-order valence-electron chi connectivity index (χ1n) is 4.31. The Morgan fingerprint density at radius 2 is 2.43 bits per heavy atom. The van der Waals surface area contributed by atoms with Gasteiger partial charge in [-0.2, -0.15) is 5.10 Å². The van der Waals surface area contributed by atoms with E-state index in [2.05, 4.69) is 15.8 Å². The molecule has 0 saturated heterocycles. The molecule has 0 saturated carbocycles. The smallest absolute Gasteiger partial charge is 0.187 e. The van der Waals surface area contributed by atoms with Gasteiger partial charge in [-0.25, -0.2) is 0 Å². The average Bonchev–Trinajstić information content (AvgIpc) is 2.55. The topological polar surface area (TPSA) is 36.4 Å². The van der Waals surface area contributed by atoms with Crippen molar-refractivity contribution in [2.45, 2.75) is 19.9 Å². The van der Waals surface area contributed by atoms with Gasteiger partial charge in [0, 0.05) is 10.9 Å². The summed E-state index contributed by atoms with van der Waals surface area (Å²) in [5.74, 6) is 0. The molecule has 0 spiro atoms. The normalized spacial score (nSPS) is 10.8. The first-order chi connectivity index (χ1) is 6.68. The fraction of sp³-hybridized carbons (Fsp3) is 0.333. The van der Waals surface area contributed by atoms with Gasteiger partial charge in [-0.3, -0.25) is 5.43 Å². The highest BCUT2D eigenvalue weighted by Gasteiger charge is 1.94. The number of nitrogens with zero attached hydrogens (tertiary/aromatic N) is 1. The van der Waals surface area contributed by atoms with Crippen LogP contribution in [0.5, 0.6) is 0 Å². The highest BCUT2D eigenvalue weighted by atomic mass is 32.1. The maximum atomic E-state index is 4.99. The number of hydrogen-bond acceptors (Lipinski definition) is 3. The van der Waals surface area contributed by atoms with Gasteiger partial charge in [0.25, 0.3) is 0 Å². The molecule has 0 amide bonds. The van der Waals surface area contributed by atoms with Gasteiger partial charge < -0.3 is 5.32 Å². The van der Waals surface area contributed by atoms with Crippen molar-refractivity contribution >= 4 is 34.9 Å². The highest BCUT2D eigenvalue weighted by molar-refractivity contribution is 7.80. The molecule has 5 heteroatoms. The van der Waals surface area contributed by atoms with Crippen molar-refractivity contribution < 1.29 is 0 Å². The second-order valence-corrected chi connectivity index (χ2v) is 4.40. The predicted molar refractivity (Wildman–Crippen MR) is 65.9 cm³/mol. The fourth-order valence-electron chi connectivity index (χ4n) is 0.814. The van der Waals surface area contributed by atoms with Gasteiger partial charge in [-0.1, -0.05) is 6.07 Å². The van der Waals surface area contributed by atoms with Gasteiger partial charge in [0.1, 0.15) is 0 Å². The van der Waals surface area contributed by atoms with Crippen LogP contribution in [-0.2, 0) is 0 Å². The van der Waals surface area contributed by atoms with Crippen molar-refractivity contribution in [2.75, 3.05) is 0 Å². The largest absolute Gasteiger partial charge is 0.359 e. The number of hydrogen-bond donors (Lipinski definition) is 2. The highest BCUT2D eigenvalue weighted by Crippen LogP contribution is 2.03. The summed E-state index contributed by atoms with van der Waals surface area (Å²) in [4.78, 5) is 1.10. The van der Waals surface area contributed by atoms with Crippen LogP contribution in [0.3, 0.4) is 0 Å². The van der Waals surface area contributed by atoms with Crippen LogP contribution in [0, 0.1) is 0 Å². The van der Waals surface area contributed by atoms with Gasteiger partial charge in [-0.05, 0) is 37.5 Å². The van der Waals surface area contributed by atoms with E-state index in [1.807, 2.05) is 31.4 Å². The zero-order chi connectivity index (χ0) is 10.4. The van der Waals surface area contributed by atoms with Crippen molar-refractivity contribution in [2.24, 2.45) is 5.10 Å². The van der Waals surface area contributed by atoms with Gasteiger partial charge in [-0.15, -0.1) is 11.3 Å². The van der Waals surface area contributed by atoms with Gasteiger partial charge >= 0.3 is 0 Å². The lowest BCUT2D eigenvalue weighted by molar-refractivity contribution is 0.720. The third kappa shape index (κ3) is 4.34. The van der Waals surface area contributed by atoms with E-state index >= 15 is 0 Å². The Bertz CT molecular complexity index is 304. The van der Waals surface area contributed by atoms with Crippen LogP contribution in [0.15, 0.2) is 22.6 Å². The van der Waals surface area contributed by atoms with Gasteiger partial charge in [0.2, 0.25) is 0 Å². The van der Waals surface area contributed by atoms with Crippen molar-refractivity contribution in [3.63, 3.8) is 0 Å². The Morgan fingerprint density at radius 3 is 3.00 bits per heavy atom. The third-order valence-corrected chi connectivity index (χ3v) is 2.34. The van der Waals surface area contributed by atoms with Crippen molar-refractivity contribution in [1.82, 2.24) is 10.7 Å². The summed E-state index contributed by atoms with van der Waals surface area (Å²) >= 11 is 6.63. The molecule has 0 fully saturated rings. The Morgan fingerprint density at radius 1 is 1.64 bits per heavy atom. The van der Waals surface area contributed by atoms with Crippen LogP contribution < -0.4 is 10.7 Å². The Hall–Kier alpha value is -0.940. The summed E-state index contributed by atoms with van der Waals surface area (Å²) in [6.07, 6.45) is 1.75. The molecule has 0 aliphatic heterocycles. The summed E-state index contributed by atoms with van der Waals surface area (Å²) in [6, 6.07) is 4.30. The number of rotatable bonds is 3. The summed E-state index contributed by atoms with van der Waals surface area (Å²) in [7, 11) is 0. The zero-order valence-electron chi connectivity index (χ0n) is 8.15. The van der Waals surface area contributed by atoms with Crippen LogP contribution in [0.25, 0.3) is 0 Å². The van der Waals surface area contributed by atoms with E-state index in [1.165, 1.54) is 0 Å². The molecule has 0 bridgehead atoms. The molecule has 76 valence electrons. The first-order valence-corrected chi connectivity index (χ1v) is 5.60. The van der Waals surface area contributed by atoms with E-state index < -0.39 is 0 Å². The van der Waals surface area contributed by atoms with Crippen LogP contribution >= 0.6 is 23.6 Å². The van der Waals surface area contributed by atoms with E-state index in [-0.39, 0.29) is 0 Å². The van der Waals surface area contributed by atoms with E-state index in [1.54, 1.807) is 17.6 Å². The molecule has 0 aliphatic carbocycles. The second-order valence-electron chi connectivity index (χ2n) is 3.01. The predicted octanol–water partition coefficient (Wildman–Crippen LogP) is 1.95. The average molecular weight is 227 g/mol. The molecule has 0 radical (unpaired) electrons. The number of nitrogens with one attached hydrogen (secondary N) is 2. The summed E-state index contributed by atoms with van der Waals surface area (Å²) in [6.45, 7) is 4.05. The third-order valence-electron chi connectivity index (χ3n) is 1.32. The molecular weight excluding hydrogens is 214 g/mol. The quantitative estimate of drug-likeness (QED) is 0.471. The maximum absolute atomic E-state index is 4.99. The van der Waals surface area contributed by atoms with E-state index in [9.17, 15) is 0 Å². The lowest BCUT2D eigenvalue weighted by Crippen LogP contribution is -2.36. The molecule has 2 N–H and O–H groups in total. The lowest BCUT2D eigenvalue weighted by atomic mass is 10.4. The van der Waals surface area contributed by atoms with E-state index in [4.69, 9.17) is 12.2 Å². The van der Waals surface area contributed by atoms with Crippen molar-refractivity contribution in [3.8, 4) is 0 Å². The summed E-state index contributed by atoms with van der Waals surface area (Å²) in [5.41, 5.74) is 2.75. The Labute approximate surface area is 93.2 Å². The molecule has 1 rings (SSSR count). The number of thiocarbonyl (C=S) groups is 1. The van der Waals surface area contributed by atoms with Crippen molar-refractivity contribution in [3.05, 3.63) is 22.4 Å². The summed E-state index contributed by atoms with van der Waals surface area (Å²) < 4.78 is 0. The molecule has 0 aliphatic rings. The Kier molecular flexibility index (Phi) is 4.55. The minimum absolute atomic E-state index is 0.326. The molecule has 1 heterocycles. The molecule has 3 nitrogen and oxygen atoms in total. The van der Waals surface area contributed by atoms with Gasteiger partial charge in [0.15, 0.2) is 5.11 Å². The molecular formula is C9H13N3S2. The standard InChI is InChI=1S/C9H13N3S2/c1-7(2)11-9(13)12-10-6-8-4-3-5-14-8/h3-7H,1-2H3,(H2,11,12,13)/b10-6+. The monoisotopic (exact) mass is 227 g/mol.